The molecule has 0 spiro atoms. The molecule has 0 saturated heterocycles. The van der Waals surface area contributed by atoms with E-state index in [2.05, 4.69) is 9.71 Å². The average Bonchev–Trinajstić information content (AvgIpc) is 2.46. The first-order valence-electron chi connectivity index (χ1n) is 5.93. The monoisotopic (exact) mass is 330 g/mol. The number of aromatic nitrogens is 1. The van der Waals surface area contributed by atoms with Crippen molar-refractivity contribution in [3.05, 3.63) is 59.1 Å². The molecule has 0 amide bonds. The highest BCUT2D eigenvalue weighted by Gasteiger charge is 2.17. The summed E-state index contributed by atoms with van der Waals surface area (Å²) in [6.07, 6.45) is 0.0372. The minimum atomic E-state index is -3.79. The summed E-state index contributed by atoms with van der Waals surface area (Å²) in [5.41, 5.74) is 0.410. The molecule has 8 heteroatoms. The fourth-order valence-corrected chi connectivity index (χ4v) is 2.69. The summed E-state index contributed by atoms with van der Waals surface area (Å²) >= 11 is 5.59. The highest BCUT2D eigenvalue weighted by molar-refractivity contribution is 7.89. The highest BCUT2D eigenvalue weighted by Crippen LogP contribution is 2.15. The number of pyridine rings is 1. The van der Waals surface area contributed by atoms with Gasteiger partial charge in [-0.1, -0.05) is 23.7 Å². The van der Waals surface area contributed by atoms with Gasteiger partial charge in [0.2, 0.25) is 10.0 Å². The van der Waals surface area contributed by atoms with E-state index in [0.29, 0.717) is 5.56 Å². The molecule has 0 bridgehead atoms. The van der Waals surface area contributed by atoms with Crippen molar-refractivity contribution in [2.24, 2.45) is 0 Å². The van der Waals surface area contributed by atoms with Crippen LogP contribution in [-0.2, 0) is 10.0 Å². The Morgan fingerprint density at radius 2 is 1.90 bits per heavy atom. The molecule has 0 aliphatic heterocycles. The Balaban J connectivity index is 2.04. The van der Waals surface area contributed by atoms with Crippen molar-refractivity contribution in [3.63, 3.8) is 0 Å². The largest absolute Gasteiger partial charge is 0.387 e. The minimum absolute atomic E-state index is 0.0572. The Bertz CT molecular complexity index is 705. The quantitative estimate of drug-likeness (QED) is 0.820. The van der Waals surface area contributed by atoms with Crippen LogP contribution in [0.2, 0.25) is 5.15 Å². The number of nitrogens with zero attached hydrogens (tertiary/aromatic N) is 1. The zero-order valence-corrected chi connectivity index (χ0v) is 12.3. The molecule has 1 aromatic heterocycles. The molecule has 0 radical (unpaired) electrons. The third-order valence-corrected chi connectivity index (χ3v) is 4.36. The molecular formula is C13H12ClFN2O3S. The van der Waals surface area contributed by atoms with Gasteiger partial charge >= 0.3 is 0 Å². The van der Waals surface area contributed by atoms with Crippen LogP contribution in [0.3, 0.4) is 0 Å². The summed E-state index contributed by atoms with van der Waals surface area (Å²) < 4.78 is 39.0. The van der Waals surface area contributed by atoms with Gasteiger partial charge in [-0.2, -0.15) is 0 Å². The van der Waals surface area contributed by atoms with E-state index in [1.807, 2.05) is 0 Å². The first-order valence-corrected chi connectivity index (χ1v) is 7.79. The standard InChI is InChI=1S/C13H12ClFN2O3S/c14-13-6-5-11(7-16-13)21(19,20)17-8-12(18)9-1-3-10(15)4-2-9/h1-7,12,17-18H,8H2. The van der Waals surface area contributed by atoms with Crippen LogP contribution < -0.4 is 4.72 Å². The Morgan fingerprint density at radius 3 is 2.48 bits per heavy atom. The summed E-state index contributed by atoms with van der Waals surface area (Å²) in [4.78, 5) is 3.63. The zero-order chi connectivity index (χ0) is 15.5. The molecule has 1 atom stereocenters. The third kappa shape index (κ3) is 4.21. The van der Waals surface area contributed by atoms with Crippen LogP contribution in [0, 0.1) is 5.82 Å². The van der Waals surface area contributed by atoms with Crippen molar-refractivity contribution in [2.45, 2.75) is 11.0 Å². The van der Waals surface area contributed by atoms with E-state index < -0.39 is 21.9 Å². The molecular weight excluding hydrogens is 319 g/mol. The summed E-state index contributed by atoms with van der Waals surface area (Å²) in [6.45, 7) is -0.239. The molecule has 0 aliphatic rings. The number of halogens is 2. The Morgan fingerprint density at radius 1 is 1.24 bits per heavy atom. The van der Waals surface area contributed by atoms with E-state index >= 15 is 0 Å². The maximum absolute atomic E-state index is 12.8. The van der Waals surface area contributed by atoms with E-state index in [4.69, 9.17) is 11.6 Å². The number of rotatable bonds is 5. The van der Waals surface area contributed by atoms with Gasteiger partial charge in [0.15, 0.2) is 0 Å². The van der Waals surface area contributed by atoms with Crippen LogP contribution in [-0.4, -0.2) is 25.1 Å². The lowest BCUT2D eigenvalue weighted by Gasteiger charge is -2.12. The van der Waals surface area contributed by atoms with Gasteiger partial charge in [0.25, 0.3) is 0 Å². The van der Waals surface area contributed by atoms with E-state index in [0.717, 1.165) is 6.20 Å². The van der Waals surface area contributed by atoms with Gasteiger partial charge in [0.1, 0.15) is 15.9 Å². The van der Waals surface area contributed by atoms with Gasteiger partial charge in [-0.15, -0.1) is 0 Å². The second kappa shape index (κ2) is 6.48. The third-order valence-electron chi connectivity index (χ3n) is 2.73. The molecule has 21 heavy (non-hydrogen) atoms. The molecule has 2 aromatic rings. The molecule has 0 saturated carbocycles. The number of hydrogen-bond acceptors (Lipinski definition) is 4. The summed E-state index contributed by atoms with van der Waals surface area (Å²) in [7, 11) is -3.79. The van der Waals surface area contributed by atoms with Gasteiger partial charge in [-0.25, -0.2) is 22.5 Å². The number of aliphatic hydroxyl groups is 1. The lowest BCUT2D eigenvalue weighted by atomic mass is 10.1. The summed E-state index contributed by atoms with van der Waals surface area (Å²) in [5.74, 6) is -0.432. The van der Waals surface area contributed by atoms with Crippen molar-refractivity contribution >= 4 is 21.6 Å². The van der Waals surface area contributed by atoms with Crippen LogP contribution in [0.25, 0.3) is 0 Å². The SMILES string of the molecule is O=S(=O)(NCC(O)c1ccc(F)cc1)c1ccc(Cl)nc1. The minimum Gasteiger partial charge on any atom is -0.387 e. The van der Waals surface area contributed by atoms with Crippen LogP contribution >= 0.6 is 11.6 Å². The molecule has 2 rings (SSSR count). The smallest absolute Gasteiger partial charge is 0.242 e. The summed E-state index contributed by atoms with van der Waals surface area (Å²) in [6, 6.07) is 7.82. The van der Waals surface area contributed by atoms with Crippen molar-refractivity contribution in [3.8, 4) is 0 Å². The molecule has 0 fully saturated rings. The molecule has 1 unspecified atom stereocenters. The Hall–Kier alpha value is -1.54. The number of sulfonamides is 1. The molecule has 1 aromatic carbocycles. The number of hydrogen-bond donors (Lipinski definition) is 2. The maximum Gasteiger partial charge on any atom is 0.242 e. The van der Waals surface area contributed by atoms with Gasteiger partial charge in [-0.3, -0.25) is 0 Å². The van der Waals surface area contributed by atoms with Crippen molar-refractivity contribution in [1.82, 2.24) is 9.71 Å². The lowest BCUT2D eigenvalue weighted by molar-refractivity contribution is 0.182. The van der Waals surface area contributed by atoms with Crippen LogP contribution in [0.5, 0.6) is 0 Å². The Labute approximate surface area is 126 Å². The van der Waals surface area contributed by atoms with Gasteiger partial charge < -0.3 is 5.11 Å². The predicted molar refractivity (Wildman–Crippen MR) is 75.8 cm³/mol. The molecule has 2 N–H and O–H groups in total. The highest BCUT2D eigenvalue weighted by atomic mass is 35.5. The number of benzene rings is 1. The fraction of sp³-hybridized carbons (Fsp3) is 0.154. The number of nitrogens with one attached hydrogen (secondary N) is 1. The Kier molecular flexibility index (Phi) is 4.89. The van der Waals surface area contributed by atoms with Crippen LogP contribution in [0.15, 0.2) is 47.5 Å². The number of aliphatic hydroxyl groups excluding tert-OH is 1. The molecule has 0 aliphatic carbocycles. The predicted octanol–water partition coefficient (Wildman–Crippen LogP) is 1.89. The van der Waals surface area contributed by atoms with Gasteiger partial charge in [0.05, 0.1) is 6.10 Å². The van der Waals surface area contributed by atoms with E-state index in [1.165, 1.54) is 36.4 Å². The average molecular weight is 331 g/mol. The van der Waals surface area contributed by atoms with Crippen molar-refractivity contribution < 1.29 is 17.9 Å². The van der Waals surface area contributed by atoms with Gasteiger partial charge in [0, 0.05) is 12.7 Å². The van der Waals surface area contributed by atoms with E-state index in [1.54, 1.807) is 0 Å². The van der Waals surface area contributed by atoms with E-state index in [-0.39, 0.29) is 16.6 Å². The molecule has 1 heterocycles. The zero-order valence-electron chi connectivity index (χ0n) is 10.7. The van der Waals surface area contributed by atoms with Crippen molar-refractivity contribution in [1.29, 1.82) is 0 Å². The first kappa shape index (κ1) is 15.8. The normalized spacial score (nSPS) is 13.1. The second-order valence-electron chi connectivity index (χ2n) is 4.24. The maximum atomic E-state index is 12.8. The van der Waals surface area contributed by atoms with E-state index in [9.17, 15) is 17.9 Å². The first-order chi connectivity index (χ1) is 9.88. The topological polar surface area (TPSA) is 79.3 Å². The molecule has 5 nitrogen and oxygen atoms in total. The molecule has 112 valence electrons. The van der Waals surface area contributed by atoms with Crippen LogP contribution in [0.4, 0.5) is 4.39 Å². The van der Waals surface area contributed by atoms with Gasteiger partial charge in [-0.05, 0) is 29.8 Å². The van der Waals surface area contributed by atoms with Crippen molar-refractivity contribution in [2.75, 3.05) is 6.54 Å². The fourth-order valence-electron chi connectivity index (χ4n) is 1.60. The van der Waals surface area contributed by atoms with Crippen LogP contribution in [0.1, 0.15) is 11.7 Å². The summed E-state index contributed by atoms with van der Waals surface area (Å²) in [5, 5.41) is 10.1. The lowest BCUT2D eigenvalue weighted by Crippen LogP contribution is -2.28. The second-order valence-corrected chi connectivity index (χ2v) is 6.39.